The fourth-order valence-electron chi connectivity index (χ4n) is 2.64. The van der Waals surface area contributed by atoms with E-state index in [1.54, 1.807) is 0 Å². The van der Waals surface area contributed by atoms with Gasteiger partial charge in [0.15, 0.2) is 5.82 Å². The van der Waals surface area contributed by atoms with E-state index in [2.05, 4.69) is 20.9 Å². The molecule has 4 nitrogen and oxygen atoms in total. The Hall–Kier alpha value is -1.27. The van der Waals surface area contributed by atoms with Gasteiger partial charge in [0.25, 0.3) is 0 Å². The smallest absolute Gasteiger partial charge is 0.152 e. The zero-order valence-corrected chi connectivity index (χ0v) is 15.3. The third-order valence-corrected chi connectivity index (χ3v) is 4.19. The van der Waals surface area contributed by atoms with Crippen LogP contribution in [0.1, 0.15) is 51.9 Å². The number of fused-ring (bicyclic) bond motifs is 1. The van der Waals surface area contributed by atoms with Crippen molar-refractivity contribution < 1.29 is 13.9 Å². The number of imidazole rings is 1. The molecule has 23 heavy (non-hydrogen) atoms. The van der Waals surface area contributed by atoms with Crippen LogP contribution in [0.4, 0.5) is 4.39 Å². The lowest BCUT2D eigenvalue weighted by Crippen LogP contribution is -2.13. The molecule has 2 rings (SSSR count). The lowest BCUT2D eigenvalue weighted by atomic mass is 10.2. The molecule has 0 N–H and O–H groups in total. The average molecular weight is 385 g/mol. The van der Waals surface area contributed by atoms with Crippen molar-refractivity contribution in [3.05, 3.63) is 28.2 Å². The number of nitrogens with zero attached hydrogens (tertiary/aromatic N) is 2. The minimum Gasteiger partial charge on any atom is -0.371 e. The van der Waals surface area contributed by atoms with Gasteiger partial charge in [0.2, 0.25) is 0 Å². The normalized spacial score (nSPS) is 13.0. The van der Waals surface area contributed by atoms with Crippen LogP contribution in [0, 0.1) is 5.82 Å². The molecule has 1 unspecified atom stereocenters. The van der Waals surface area contributed by atoms with Crippen LogP contribution in [0.3, 0.4) is 0 Å². The highest BCUT2D eigenvalue weighted by molar-refractivity contribution is 9.10. The molecule has 0 aliphatic rings. The highest BCUT2D eigenvalue weighted by Crippen LogP contribution is 2.27. The maximum Gasteiger partial charge on any atom is 0.152 e. The number of aldehydes is 1. The van der Waals surface area contributed by atoms with Crippen molar-refractivity contribution in [2.75, 3.05) is 0 Å². The van der Waals surface area contributed by atoms with Gasteiger partial charge < -0.3 is 14.1 Å². The van der Waals surface area contributed by atoms with Gasteiger partial charge in [0, 0.05) is 16.9 Å². The number of rotatable bonds is 8. The van der Waals surface area contributed by atoms with Crippen molar-refractivity contribution in [2.24, 2.45) is 0 Å². The maximum absolute atomic E-state index is 14.1. The maximum atomic E-state index is 14.1. The Balaban J connectivity index is 2.21. The predicted octanol–water partition coefficient (Wildman–Crippen LogP) is 4.79. The standard InChI is InChI=1S/C17H22BrFN2O2/c1-11(2)21-15-9-13(18)8-14(19)17(15)20-16(21)10-23-12(3)6-4-5-7-22/h7-9,11-12H,4-6,10H2,1-3H3. The van der Waals surface area contributed by atoms with E-state index in [0.717, 1.165) is 24.6 Å². The first-order valence-corrected chi connectivity index (χ1v) is 8.64. The number of hydrogen-bond acceptors (Lipinski definition) is 3. The molecule has 0 saturated heterocycles. The Morgan fingerprint density at radius 1 is 1.39 bits per heavy atom. The van der Waals surface area contributed by atoms with Crippen molar-refractivity contribution in [3.63, 3.8) is 0 Å². The lowest BCUT2D eigenvalue weighted by molar-refractivity contribution is -0.108. The molecule has 0 radical (unpaired) electrons. The Labute approximate surface area is 144 Å². The summed E-state index contributed by atoms with van der Waals surface area (Å²) in [6.45, 7) is 6.38. The Kier molecular flexibility index (Phi) is 6.30. The van der Waals surface area contributed by atoms with Crippen molar-refractivity contribution in [3.8, 4) is 0 Å². The largest absolute Gasteiger partial charge is 0.371 e. The van der Waals surface area contributed by atoms with Crippen LogP contribution in [0.15, 0.2) is 16.6 Å². The third-order valence-electron chi connectivity index (χ3n) is 3.73. The van der Waals surface area contributed by atoms with E-state index in [9.17, 15) is 9.18 Å². The second kappa shape index (κ2) is 8.02. The number of benzene rings is 1. The highest BCUT2D eigenvalue weighted by Gasteiger charge is 2.17. The summed E-state index contributed by atoms with van der Waals surface area (Å²) in [7, 11) is 0. The molecule has 0 spiro atoms. The fraction of sp³-hybridized carbons (Fsp3) is 0.529. The van der Waals surface area contributed by atoms with Crippen LogP contribution >= 0.6 is 15.9 Å². The molecule has 0 aliphatic heterocycles. The van der Waals surface area contributed by atoms with Crippen LogP contribution < -0.4 is 0 Å². The minimum atomic E-state index is -0.339. The van der Waals surface area contributed by atoms with Gasteiger partial charge in [-0.1, -0.05) is 15.9 Å². The number of hydrogen-bond donors (Lipinski definition) is 0. The molecule has 2 aromatic rings. The van der Waals surface area contributed by atoms with Crippen molar-refractivity contribution in [2.45, 2.75) is 58.8 Å². The Morgan fingerprint density at radius 2 is 2.13 bits per heavy atom. The van der Waals surface area contributed by atoms with Crippen LogP contribution in [0.25, 0.3) is 11.0 Å². The monoisotopic (exact) mass is 384 g/mol. The Bertz CT molecular complexity index is 685. The number of aromatic nitrogens is 2. The van der Waals surface area contributed by atoms with Crippen LogP contribution in [0.2, 0.25) is 0 Å². The van der Waals surface area contributed by atoms with Gasteiger partial charge in [-0.2, -0.15) is 0 Å². The number of carbonyl (C=O) groups is 1. The van der Waals surface area contributed by atoms with Crippen molar-refractivity contribution >= 4 is 33.2 Å². The summed E-state index contributed by atoms with van der Waals surface area (Å²) in [6, 6.07) is 3.45. The molecule has 1 aromatic heterocycles. The van der Waals surface area contributed by atoms with E-state index < -0.39 is 0 Å². The van der Waals surface area contributed by atoms with Crippen LogP contribution in [0.5, 0.6) is 0 Å². The van der Waals surface area contributed by atoms with Gasteiger partial charge in [-0.05, 0) is 45.7 Å². The highest BCUT2D eigenvalue weighted by atomic mass is 79.9. The van der Waals surface area contributed by atoms with Gasteiger partial charge in [0.05, 0.1) is 11.6 Å². The summed E-state index contributed by atoms with van der Waals surface area (Å²) in [5.74, 6) is 0.378. The van der Waals surface area contributed by atoms with E-state index >= 15 is 0 Å². The van der Waals surface area contributed by atoms with E-state index in [1.807, 2.05) is 31.4 Å². The fourth-order valence-corrected chi connectivity index (χ4v) is 3.05. The van der Waals surface area contributed by atoms with E-state index in [4.69, 9.17) is 4.74 Å². The van der Waals surface area contributed by atoms with E-state index in [-0.39, 0.29) is 18.0 Å². The Morgan fingerprint density at radius 3 is 2.78 bits per heavy atom. The molecule has 1 aromatic carbocycles. The topological polar surface area (TPSA) is 44.1 Å². The molecule has 1 atom stereocenters. The quantitative estimate of drug-likeness (QED) is 0.485. The first kappa shape index (κ1) is 18.1. The number of halogens is 2. The minimum absolute atomic E-state index is 0.0342. The van der Waals surface area contributed by atoms with Crippen LogP contribution in [-0.2, 0) is 16.1 Å². The molecule has 0 aliphatic carbocycles. The molecule has 126 valence electrons. The number of ether oxygens (including phenoxy) is 1. The van der Waals surface area contributed by atoms with Gasteiger partial charge >= 0.3 is 0 Å². The van der Waals surface area contributed by atoms with Gasteiger partial charge in [-0.3, -0.25) is 0 Å². The third kappa shape index (κ3) is 4.38. The molecular weight excluding hydrogens is 363 g/mol. The summed E-state index contributed by atoms with van der Waals surface area (Å²) >= 11 is 3.33. The second-order valence-corrected chi connectivity index (χ2v) is 6.88. The van der Waals surface area contributed by atoms with Gasteiger partial charge in [-0.15, -0.1) is 0 Å². The lowest BCUT2D eigenvalue weighted by Gasteiger charge is -2.16. The molecule has 6 heteroatoms. The SMILES string of the molecule is CC(CCCC=O)OCc1nc2c(F)cc(Br)cc2n1C(C)C. The number of unbranched alkanes of at least 4 members (excludes halogenated alkanes) is 1. The molecule has 0 bridgehead atoms. The van der Waals surface area contributed by atoms with Crippen LogP contribution in [-0.4, -0.2) is 21.9 Å². The second-order valence-electron chi connectivity index (χ2n) is 5.97. The van der Waals surface area contributed by atoms with E-state index in [1.165, 1.54) is 6.07 Å². The predicted molar refractivity (Wildman–Crippen MR) is 91.9 cm³/mol. The summed E-state index contributed by atoms with van der Waals surface area (Å²) < 4.78 is 22.7. The summed E-state index contributed by atoms with van der Waals surface area (Å²) in [5, 5.41) is 0. The number of carbonyl (C=O) groups excluding carboxylic acids is 1. The molecule has 0 saturated carbocycles. The average Bonchev–Trinajstić information content (AvgIpc) is 2.84. The molecule has 0 amide bonds. The summed E-state index contributed by atoms with van der Waals surface area (Å²) in [4.78, 5) is 14.8. The van der Waals surface area contributed by atoms with Gasteiger partial charge in [-0.25, -0.2) is 9.37 Å². The van der Waals surface area contributed by atoms with Crippen molar-refractivity contribution in [1.82, 2.24) is 9.55 Å². The zero-order valence-electron chi connectivity index (χ0n) is 13.7. The van der Waals surface area contributed by atoms with Crippen molar-refractivity contribution in [1.29, 1.82) is 0 Å². The molecule has 0 fully saturated rings. The molecular formula is C17H22BrFN2O2. The summed E-state index contributed by atoms with van der Waals surface area (Å²) in [5.41, 5.74) is 1.13. The summed E-state index contributed by atoms with van der Waals surface area (Å²) in [6.07, 6.45) is 3.14. The first-order chi connectivity index (χ1) is 10.9. The van der Waals surface area contributed by atoms with Gasteiger partial charge in [0.1, 0.15) is 24.2 Å². The molecule has 1 heterocycles. The first-order valence-electron chi connectivity index (χ1n) is 7.85. The van der Waals surface area contributed by atoms with E-state index in [0.29, 0.717) is 28.8 Å². The zero-order chi connectivity index (χ0) is 17.0.